The van der Waals surface area contributed by atoms with Crippen molar-refractivity contribution in [2.75, 3.05) is 33.3 Å². The Labute approximate surface area is 137 Å². The van der Waals surface area contributed by atoms with Crippen molar-refractivity contribution in [3.63, 3.8) is 0 Å². The first-order valence-corrected chi connectivity index (χ1v) is 8.15. The second kappa shape index (κ2) is 6.81. The fourth-order valence-electron chi connectivity index (χ4n) is 3.43. The molecule has 120 valence electrons. The zero-order chi connectivity index (χ0) is 15.5. The minimum atomic E-state index is 0.327. The number of hydrogen-bond donors (Lipinski definition) is 0. The van der Waals surface area contributed by atoms with Crippen LogP contribution in [0.1, 0.15) is 23.2 Å². The second-order valence-corrected chi connectivity index (χ2v) is 6.17. The molecule has 0 N–H and O–H groups in total. The van der Waals surface area contributed by atoms with Gasteiger partial charge in [-0.25, -0.2) is 0 Å². The summed E-state index contributed by atoms with van der Waals surface area (Å²) in [6.07, 6.45) is 0. The summed E-state index contributed by atoms with van der Waals surface area (Å²) < 4.78 is 11.5. The van der Waals surface area contributed by atoms with Crippen molar-refractivity contribution in [3.05, 3.63) is 71.8 Å². The molecule has 0 saturated carbocycles. The average molecular weight is 310 g/mol. The molecule has 2 atom stereocenters. The van der Waals surface area contributed by atoms with Gasteiger partial charge in [0.15, 0.2) is 0 Å². The van der Waals surface area contributed by atoms with E-state index in [2.05, 4.69) is 70.5 Å². The highest BCUT2D eigenvalue weighted by Gasteiger charge is 2.33. The quantitative estimate of drug-likeness (QED) is 0.867. The molecule has 0 amide bonds. The molecule has 0 aromatic heterocycles. The van der Waals surface area contributed by atoms with Gasteiger partial charge in [-0.3, -0.25) is 9.80 Å². The Kier molecular flexibility index (Phi) is 4.39. The van der Waals surface area contributed by atoms with Crippen LogP contribution in [0.4, 0.5) is 0 Å². The van der Waals surface area contributed by atoms with Gasteiger partial charge in [-0.15, -0.1) is 0 Å². The van der Waals surface area contributed by atoms with Gasteiger partial charge in [-0.1, -0.05) is 60.7 Å². The van der Waals surface area contributed by atoms with Crippen LogP contribution in [0.2, 0.25) is 0 Å². The number of rotatable bonds is 4. The molecule has 2 aromatic rings. The van der Waals surface area contributed by atoms with Gasteiger partial charge in [0.25, 0.3) is 0 Å². The smallest absolute Gasteiger partial charge is 0.101 e. The lowest BCUT2D eigenvalue weighted by Crippen LogP contribution is -2.38. The van der Waals surface area contributed by atoms with Crippen LogP contribution in [0, 0.1) is 0 Å². The Morgan fingerprint density at radius 2 is 1.13 bits per heavy atom. The Hall–Kier alpha value is -1.72. The molecule has 2 aliphatic heterocycles. The molecule has 0 bridgehead atoms. The van der Waals surface area contributed by atoms with E-state index in [4.69, 9.17) is 9.47 Å². The molecule has 2 saturated heterocycles. The van der Waals surface area contributed by atoms with Gasteiger partial charge < -0.3 is 9.47 Å². The highest BCUT2D eigenvalue weighted by atomic mass is 16.5. The highest BCUT2D eigenvalue weighted by molar-refractivity contribution is 5.21. The molecule has 4 rings (SSSR count). The summed E-state index contributed by atoms with van der Waals surface area (Å²) in [5.74, 6) is 0. The third kappa shape index (κ3) is 3.16. The van der Waals surface area contributed by atoms with Crippen molar-refractivity contribution < 1.29 is 9.47 Å². The first kappa shape index (κ1) is 14.8. The van der Waals surface area contributed by atoms with E-state index in [1.807, 2.05) is 0 Å². The Morgan fingerprint density at radius 1 is 0.696 bits per heavy atom. The minimum Gasteiger partial charge on any atom is -0.364 e. The summed E-state index contributed by atoms with van der Waals surface area (Å²) >= 11 is 0. The molecule has 2 unspecified atom stereocenters. The van der Waals surface area contributed by atoms with Gasteiger partial charge in [-0.2, -0.15) is 0 Å². The summed E-state index contributed by atoms with van der Waals surface area (Å²) in [6, 6.07) is 21.9. The second-order valence-electron chi connectivity index (χ2n) is 6.17. The average Bonchev–Trinajstić information content (AvgIpc) is 3.26. The molecule has 4 nitrogen and oxygen atoms in total. The van der Waals surface area contributed by atoms with Gasteiger partial charge in [0.2, 0.25) is 0 Å². The Bertz CT molecular complexity index is 564. The van der Waals surface area contributed by atoms with Gasteiger partial charge in [0.05, 0.1) is 32.0 Å². The van der Waals surface area contributed by atoms with Gasteiger partial charge in [0, 0.05) is 0 Å². The van der Waals surface area contributed by atoms with Crippen LogP contribution < -0.4 is 0 Å². The fourth-order valence-corrected chi connectivity index (χ4v) is 3.43. The van der Waals surface area contributed by atoms with E-state index >= 15 is 0 Å². The molecule has 0 aliphatic carbocycles. The van der Waals surface area contributed by atoms with Crippen LogP contribution in [0.5, 0.6) is 0 Å². The van der Waals surface area contributed by atoms with E-state index < -0.39 is 0 Å². The summed E-state index contributed by atoms with van der Waals surface area (Å²) in [7, 11) is 0. The van der Waals surface area contributed by atoms with Crippen molar-refractivity contribution in [2.45, 2.75) is 12.1 Å². The number of ether oxygens (including phenoxy) is 2. The van der Waals surface area contributed by atoms with Crippen LogP contribution >= 0.6 is 0 Å². The van der Waals surface area contributed by atoms with Crippen LogP contribution in [0.3, 0.4) is 0 Å². The van der Waals surface area contributed by atoms with Crippen LogP contribution in [0.25, 0.3) is 0 Å². The maximum Gasteiger partial charge on any atom is 0.101 e. The minimum absolute atomic E-state index is 0.327. The number of hydrogen-bond acceptors (Lipinski definition) is 4. The van der Waals surface area contributed by atoms with Crippen molar-refractivity contribution in [1.82, 2.24) is 9.80 Å². The molecular formula is C19H22N2O2. The third-order valence-electron chi connectivity index (χ3n) is 4.68. The van der Waals surface area contributed by atoms with E-state index in [-0.39, 0.29) is 0 Å². The monoisotopic (exact) mass is 310 g/mol. The van der Waals surface area contributed by atoms with Gasteiger partial charge in [-0.05, 0) is 11.1 Å². The third-order valence-corrected chi connectivity index (χ3v) is 4.68. The summed E-state index contributed by atoms with van der Waals surface area (Å²) in [6.45, 7) is 3.73. The van der Waals surface area contributed by atoms with E-state index in [0.717, 1.165) is 19.9 Å². The first-order valence-electron chi connectivity index (χ1n) is 8.15. The molecule has 4 heteroatoms. The molecule has 0 spiro atoms. The van der Waals surface area contributed by atoms with E-state index in [9.17, 15) is 0 Å². The highest BCUT2D eigenvalue weighted by Crippen LogP contribution is 2.31. The summed E-state index contributed by atoms with van der Waals surface area (Å²) in [5.41, 5.74) is 2.64. The molecule has 2 heterocycles. The van der Waals surface area contributed by atoms with E-state index in [1.54, 1.807) is 0 Å². The molecule has 2 aromatic carbocycles. The SMILES string of the molecule is c1ccc(C2COCN2CN2COCC2c2ccccc2)cc1. The standard InChI is InChI=1S/C19H22N2O2/c1-3-7-16(8-4-1)18-11-22-14-20(18)13-21-15-23-12-19(21)17-9-5-2-6-10-17/h1-10,18-19H,11-15H2. The van der Waals surface area contributed by atoms with Crippen LogP contribution in [0.15, 0.2) is 60.7 Å². The molecule has 23 heavy (non-hydrogen) atoms. The maximum absolute atomic E-state index is 5.73. The summed E-state index contributed by atoms with van der Waals surface area (Å²) in [5, 5.41) is 0. The zero-order valence-corrected chi connectivity index (χ0v) is 13.2. The van der Waals surface area contributed by atoms with E-state index in [0.29, 0.717) is 25.5 Å². The lowest BCUT2D eigenvalue weighted by Gasteiger charge is -2.30. The first-order chi connectivity index (χ1) is 11.4. The van der Waals surface area contributed by atoms with Gasteiger partial charge in [0.1, 0.15) is 13.5 Å². The molecule has 0 radical (unpaired) electrons. The largest absolute Gasteiger partial charge is 0.364 e. The summed E-state index contributed by atoms with van der Waals surface area (Å²) in [4.78, 5) is 4.78. The molecule has 2 fully saturated rings. The lowest BCUT2D eigenvalue weighted by atomic mass is 10.1. The van der Waals surface area contributed by atoms with E-state index in [1.165, 1.54) is 11.1 Å². The van der Waals surface area contributed by atoms with Crippen molar-refractivity contribution in [3.8, 4) is 0 Å². The number of nitrogens with zero attached hydrogens (tertiary/aromatic N) is 2. The Morgan fingerprint density at radius 3 is 1.57 bits per heavy atom. The maximum atomic E-state index is 5.73. The lowest BCUT2D eigenvalue weighted by molar-refractivity contribution is 0.0530. The molecule has 2 aliphatic rings. The fraction of sp³-hybridized carbons (Fsp3) is 0.368. The molecular weight excluding hydrogens is 288 g/mol. The van der Waals surface area contributed by atoms with Crippen molar-refractivity contribution in [2.24, 2.45) is 0 Å². The van der Waals surface area contributed by atoms with Gasteiger partial charge >= 0.3 is 0 Å². The van der Waals surface area contributed by atoms with Crippen molar-refractivity contribution in [1.29, 1.82) is 0 Å². The topological polar surface area (TPSA) is 24.9 Å². The van der Waals surface area contributed by atoms with Crippen LogP contribution in [-0.2, 0) is 9.47 Å². The predicted octanol–water partition coefficient (Wildman–Crippen LogP) is 3.01. The number of benzene rings is 2. The normalized spacial score (nSPS) is 25.9. The zero-order valence-electron chi connectivity index (χ0n) is 13.2. The predicted molar refractivity (Wildman–Crippen MR) is 88.5 cm³/mol. The van der Waals surface area contributed by atoms with Crippen LogP contribution in [-0.4, -0.2) is 43.1 Å². The van der Waals surface area contributed by atoms with Crippen molar-refractivity contribution >= 4 is 0 Å². The Balaban J connectivity index is 1.48.